The van der Waals surface area contributed by atoms with E-state index in [0.29, 0.717) is 19.0 Å². The Morgan fingerprint density at radius 2 is 2.16 bits per heavy atom. The average molecular weight is 277 g/mol. The monoisotopic (exact) mass is 277 g/mol. The number of nitrogens with one attached hydrogen (secondary N) is 1. The van der Waals surface area contributed by atoms with Crippen molar-refractivity contribution >= 4 is 32.6 Å². The predicted molar refractivity (Wildman–Crippen MR) is 80.7 cm³/mol. The van der Waals surface area contributed by atoms with E-state index < -0.39 is 0 Å². The SMILES string of the molecule is CC(C)CNC(=O)CN(C)c1nc2ccccc2s1. The van der Waals surface area contributed by atoms with Crippen LogP contribution in [0.25, 0.3) is 10.2 Å². The van der Waals surface area contributed by atoms with E-state index in [2.05, 4.69) is 24.1 Å². The number of carbonyl (C=O) groups is 1. The molecule has 1 aromatic carbocycles. The number of anilines is 1. The largest absolute Gasteiger partial charge is 0.354 e. The third-order valence-electron chi connectivity index (χ3n) is 2.70. The number of amides is 1. The first-order chi connectivity index (χ1) is 9.06. The lowest BCUT2D eigenvalue weighted by molar-refractivity contribution is -0.119. The van der Waals surface area contributed by atoms with Crippen LogP contribution in [-0.2, 0) is 4.79 Å². The molecule has 0 saturated carbocycles. The van der Waals surface area contributed by atoms with E-state index in [4.69, 9.17) is 0 Å². The second-order valence-corrected chi connectivity index (χ2v) is 6.03. The van der Waals surface area contributed by atoms with Crippen LogP contribution in [0.1, 0.15) is 13.8 Å². The quantitative estimate of drug-likeness (QED) is 0.913. The van der Waals surface area contributed by atoms with E-state index >= 15 is 0 Å². The van der Waals surface area contributed by atoms with Gasteiger partial charge in [-0.05, 0) is 18.1 Å². The second-order valence-electron chi connectivity index (χ2n) is 5.02. The van der Waals surface area contributed by atoms with Crippen LogP contribution in [0.5, 0.6) is 0 Å². The van der Waals surface area contributed by atoms with Gasteiger partial charge in [0.15, 0.2) is 5.13 Å². The molecule has 19 heavy (non-hydrogen) atoms. The summed E-state index contributed by atoms with van der Waals surface area (Å²) < 4.78 is 1.15. The summed E-state index contributed by atoms with van der Waals surface area (Å²) in [5.74, 6) is 0.507. The first-order valence-corrected chi connectivity index (χ1v) is 7.21. The van der Waals surface area contributed by atoms with Crippen molar-refractivity contribution in [2.24, 2.45) is 5.92 Å². The number of thiazole rings is 1. The number of nitrogens with zero attached hydrogens (tertiary/aromatic N) is 2. The van der Waals surface area contributed by atoms with Crippen molar-refractivity contribution in [3.63, 3.8) is 0 Å². The fourth-order valence-corrected chi connectivity index (χ4v) is 2.61. The number of hydrogen-bond acceptors (Lipinski definition) is 4. The first-order valence-electron chi connectivity index (χ1n) is 6.39. The van der Waals surface area contributed by atoms with Gasteiger partial charge in [0, 0.05) is 13.6 Å². The second kappa shape index (κ2) is 6.02. The van der Waals surface area contributed by atoms with Crippen LogP contribution in [0.3, 0.4) is 0 Å². The van der Waals surface area contributed by atoms with Crippen molar-refractivity contribution < 1.29 is 4.79 Å². The van der Waals surface area contributed by atoms with Gasteiger partial charge in [0.25, 0.3) is 0 Å². The summed E-state index contributed by atoms with van der Waals surface area (Å²) in [5.41, 5.74) is 0.983. The third-order valence-corrected chi connectivity index (χ3v) is 3.85. The molecule has 0 aliphatic heterocycles. The third kappa shape index (κ3) is 3.67. The lowest BCUT2D eigenvalue weighted by atomic mass is 10.2. The summed E-state index contributed by atoms with van der Waals surface area (Å²) in [6, 6.07) is 8.01. The van der Waals surface area contributed by atoms with Crippen molar-refractivity contribution in [3.05, 3.63) is 24.3 Å². The highest BCUT2D eigenvalue weighted by Crippen LogP contribution is 2.27. The van der Waals surface area contributed by atoms with Crippen molar-refractivity contribution in [1.82, 2.24) is 10.3 Å². The Bertz CT molecular complexity index is 532. The maximum atomic E-state index is 11.8. The topological polar surface area (TPSA) is 45.2 Å². The maximum Gasteiger partial charge on any atom is 0.239 e. The average Bonchev–Trinajstić information content (AvgIpc) is 2.80. The number of hydrogen-bond donors (Lipinski definition) is 1. The Hall–Kier alpha value is -1.62. The lowest BCUT2D eigenvalue weighted by Crippen LogP contribution is -2.36. The zero-order valence-electron chi connectivity index (χ0n) is 11.5. The molecule has 0 bridgehead atoms. The van der Waals surface area contributed by atoms with E-state index in [0.717, 1.165) is 15.3 Å². The molecule has 0 atom stereocenters. The highest BCUT2D eigenvalue weighted by atomic mass is 32.1. The fourth-order valence-electron chi connectivity index (χ4n) is 1.68. The number of benzene rings is 1. The molecule has 2 rings (SSSR count). The molecule has 0 radical (unpaired) electrons. The molecule has 1 amide bonds. The highest BCUT2D eigenvalue weighted by Gasteiger charge is 2.11. The van der Waals surface area contributed by atoms with Crippen LogP contribution in [-0.4, -0.2) is 31.0 Å². The highest BCUT2D eigenvalue weighted by molar-refractivity contribution is 7.22. The van der Waals surface area contributed by atoms with Gasteiger partial charge < -0.3 is 10.2 Å². The van der Waals surface area contributed by atoms with Crippen molar-refractivity contribution in [2.75, 3.05) is 25.0 Å². The molecule has 0 unspecified atom stereocenters. The Kier molecular flexibility index (Phi) is 4.37. The Morgan fingerprint density at radius 1 is 1.42 bits per heavy atom. The van der Waals surface area contributed by atoms with Gasteiger partial charge in [0.2, 0.25) is 5.91 Å². The standard InChI is InChI=1S/C14H19N3OS/c1-10(2)8-15-13(18)9-17(3)14-16-11-6-4-5-7-12(11)19-14/h4-7,10H,8-9H2,1-3H3,(H,15,18). The predicted octanol–water partition coefficient (Wildman–Crippen LogP) is 2.50. The minimum absolute atomic E-state index is 0.0375. The molecule has 0 aliphatic rings. The molecule has 102 valence electrons. The van der Waals surface area contributed by atoms with Gasteiger partial charge in [-0.1, -0.05) is 37.3 Å². The Labute approximate surface area is 117 Å². The molecule has 1 aromatic heterocycles. The molecule has 0 spiro atoms. The van der Waals surface area contributed by atoms with Crippen LogP contribution >= 0.6 is 11.3 Å². The van der Waals surface area contributed by atoms with Crippen molar-refractivity contribution in [3.8, 4) is 0 Å². The molecular formula is C14H19N3OS. The molecule has 0 aliphatic carbocycles. The normalized spacial score (nSPS) is 10.9. The van der Waals surface area contributed by atoms with Crippen molar-refractivity contribution in [1.29, 1.82) is 0 Å². The molecule has 0 saturated heterocycles. The van der Waals surface area contributed by atoms with Gasteiger partial charge in [-0.25, -0.2) is 4.98 Å². The molecule has 4 nitrogen and oxygen atoms in total. The van der Waals surface area contributed by atoms with Gasteiger partial charge in [-0.3, -0.25) is 4.79 Å². The number of carbonyl (C=O) groups excluding carboxylic acids is 1. The summed E-state index contributed by atoms with van der Waals surface area (Å²) in [5, 5.41) is 3.79. The summed E-state index contributed by atoms with van der Waals surface area (Å²) in [4.78, 5) is 18.2. The minimum atomic E-state index is 0.0375. The van der Waals surface area contributed by atoms with Gasteiger partial charge in [-0.2, -0.15) is 0 Å². The molecule has 2 aromatic rings. The van der Waals surface area contributed by atoms with Gasteiger partial charge in [-0.15, -0.1) is 0 Å². The smallest absolute Gasteiger partial charge is 0.239 e. The summed E-state index contributed by atoms with van der Waals surface area (Å²) in [6.07, 6.45) is 0. The van der Waals surface area contributed by atoms with E-state index in [1.54, 1.807) is 11.3 Å². The van der Waals surface area contributed by atoms with Crippen LogP contribution in [0.2, 0.25) is 0 Å². The van der Waals surface area contributed by atoms with E-state index in [9.17, 15) is 4.79 Å². The van der Waals surface area contributed by atoms with Crippen LogP contribution in [0.4, 0.5) is 5.13 Å². The number of likely N-dealkylation sites (N-methyl/N-ethyl adjacent to an activating group) is 1. The van der Waals surface area contributed by atoms with Crippen molar-refractivity contribution in [2.45, 2.75) is 13.8 Å². The van der Waals surface area contributed by atoms with Gasteiger partial charge >= 0.3 is 0 Å². The maximum absolute atomic E-state index is 11.8. The molecule has 1 heterocycles. The number of rotatable bonds is 5. The summed E-state index contributed by atoms with van der Waals surface area (Å²) in [7, 11) is 1.90. The molecule has 0 fully saturated rings. The minimum Gasteiger partial charge on any atom is -0.354 e. The van der Waals surface area contributed by atoms with Crippen LogP contribution < -0.4 is 10.2 Å². The number of para-hydroxylation sites is 1. The summed E-state index contributed by atoms with van der Waals surface area (Å²) in [6.45, 7) is 5.22. The van der Waals surface area contributed by atoms with Gasteiger partial charge in [0.05, 0.1) is 16.8 Å². The molecule has 1 N–H and O–H groups in total. The molecular weight excluding hydrogens is 258 g/mol. The fraction of sp³-hybridized carbons (Fsp3) is 0.429. The summed E-state index contributed by atoms with van der Waals surface area (Å²) >= 11 is 1.61. The van der Waals surface area contributed by atoms with Crippen LogP contribution in [0, 0.1) is 5.92 Å². The number of fused-ring (bicyclic) bond motifs is 1. The zero-order chi connectivity index (χ0) is 13.8. The van der Waals surface area contributed by atoms with E-state index in [-0.39, 0.29) is 5.91 Å². The molecule has 5 heteroatoms. The van der Waals surface area contributed by atoms with Gasteiger partial charge in [0.1, 0.15) is 0 Å². The Morgan fingerprint density at radius 3 is 2.84 bits per heavy atom. The van der Waals surface area contributed by atoms with Crippen LogP contribution in [0.15, 0.2) is 24.3 Å². The number of aromatic nitrogens is 1. The lowest BCUT2D eigenvalue weighted by Gasteiger charge is -2.15. The first kappa shape index (κ1) is 13.8. The van der Waals surface area contributed by atoms with E-state index in [1.807, 2.05) is 36.2 Å². The Balaban J connectivity index is 1.99. The zero-order valence-corrected chi connectivity index (χ0v) is 12.3. The van der Waals surface area contributed by atoms with E-state index in [1.165, 1.54) is 0 Å².